The van der Waals surface area contributed by atoms with Gasteiger partial charge < -0.3 is 5.32 Å². The van der Waals surface area contributed by atoms with Gasteiger partial charge in [0, 0.05) is 11.1 Å². The summed E-state index contributed by atoms with van der Waals surface area (Å²) in [6, 6.07) is 17.0. The van der Waals surface area contributed by atoms with Crippen LogP contribution in [0.4, 0.5) is 0 Å². The molecule has 0 radical (unpaired) electrons. The molecule has 0 aromatic heterocycles. The van der Waals surface area contributed by atoms with Gasteiger partial charge in [-0.05, 0) is 55.6 Å². The lowest BCUT2D eigenvalue weighted by atomic mass is 9.97. The average Bonchev–Trinajstić information content (AvgIpc) is 2.41. The topological polar surface area (TPSA) is 12.0 Å². The van der Waals surface area contributed by atoms with E-state index in [9.17, 15) is 0 Å². The monoisotopic (exact) mass is 273 g/mol. The summed E-state index contributed by atoms with van der Waals surface area (Å²) >= 11 is 6.06. The summed E-state index contributed by atoms with van der Waals surface area (Å²) in [5, 5.41) is 4.18. The zero-order valence-electron chi connectivity index (χ0n) is 11.5. The van der Waals surface area contributed by atoms with Gasteiger partial charge in [-0.15, -0.1) is 0 Å². The normalized spacial score (nSPS) is 12.4. The fourth-order valence-electron chi connectivity index (χ4n) is 2.39. The van der Waals surface area contributed by atoms with Crippen LogP contribution in [-0.4, -0.2) is 7.05 Å². The molecule has 2 aromatic carbocycles. The molecule has 1 atom stereocenters. The number of benzene rings is 2. The number of hydrogen-bond acceptors (Lipinski definition) is 1. The highest BCUT2D eigenvalue weighted by atomic mass is 35.5. The van der Waals surface area contributed by atoms with Crippen LogP contribution in [0.15, 0.2) is 48.5 Å². The summed E-state index contributed by atoms with van der Waals surface area (Å²) in [5.41, 5.74) is 4.04. The van der Waals surface area contributed by atoms with Crippen LogP contribution in [0, 0.1) is 6.92 Å². The fraction of sp³-hybridized carbons (Fsp3) is 0.294. The van der Waals surface area contributed by atoms with E-state index in [0.29, 0.717) is 6.04 Å². The van der Waals surface area contributed by atoms with E-state index in [1.54, 1.807) is 0 Å². The summed E-state index contributed by atoms with van der Waals surface area (Å²) in [6.07, 6.45) is 2.15. The Morgan fingerprint density at radius 2 is 1.89 bits per heavy atom. The molecule has 19 heavy (non-hydrogen) atoms. The second-order valence-corrected chi connectivity index (χ2v) is 5.30. The van der Waals surface area contributed by atoms with Crippen LogP contribution in [-0.2, 0) is 6.42 Å². The molecule has 0 spiro atoms. The van der Waals surface area contributed by atoms with E-state index in [-0.39, 0.29) is 0 Å². The summed E-state index contributed by atoms with van der Waals surface area (Å²) in [6.45, 7) is 2.17. The van der Waals surface area contributed by atoms with Crippen molar-refractivity contribution in [2.45, 2.75) is 25.8 Å². The van der Waals surface area contributed by atoms with E-state index in [4.69, 9.17) is 11.6 Å². The summed E-state index contributed by atoms with van der Waals surface area (Å²) in [5.74, 6) is 0. The Bertz CT molecular complexity index is 536. The number of aryl methyl sites for hydroxylation is 2. The van der Waals surface area contributed by atoms with Crippen LogP contribution < -0.4 is 5.32 Å². The van der Waals surface area contributed by atoms with Crippen LogP contribution >= 0.6 is 11.6 Å². The van der Waals surface area contributed by atoms with Gasteiger partial charge in [0.15, 0.2) is 0 Å². The molecule has 0 fully saturated rings. The van der Waals surface area contributed by atoms with Crippen molar-refractivity contribution in [1.82, 2.24) is 5.32 Å². The Morgan fingerprint density at radius 3 is 2.58 bits per heavy atom. The number of hydrogen-bond donors (Lipinski definition) is 1. The molecule has 100 valence electrons. The van der Waals surface area contributed by atoms with E-state index in [2.05, 4.69) is 42.6 Å². The lowest BCUT2D eigenvalue weighted by Gasteiger charge is -2.17. The lowest BCUT2D eigenvalue weighted by Crippen LogP contribution is -2.17. The predicted molar refractivity (Wildman–Crippen MR) is 82.8 cm³/mol. The maximum absolute atomic E-state index is 6.06. The van der Waals surface area contributed by atoms with Crippen molar-refractivity contribution in [3.8, 4) is 0 Å². The summed E-state index contributed by atoms with van der Waals surface area (Å²) in [7, 11) is 2.00. The quantitative estimate of drug-likeness (QED) is 0.843. The molecule has 1 unspecified atom stereocenters. The zero-order valence-corrected chi connectivity index (χ0v) is 12.2. The lowest BCUT2D eigenvalue weighted by molar-refractivity contribution is 0.548. The molecule has 0 heterocycles. The summed E-state index contributed by atoms with van der Waals surface area (Å²) in [4.78, 5) is 0. The van der Waals surface area contributed by atoms with Crippen LogP contribution in [0.3, 0.4) is 0 Å². The van der Waals surface area contributed by atoms with Gasteiger partial charge in [-0.25, -0.2) is 0 Å². The van der Waals surface area contributed by atoms with Gasteiger partial charge in [0.1, 0.15) is 0 Å². The van der Waals surface area contributed by atoms with Gasteiger partial charge in [-0.1, -0.05) is 48.0 Å². The van der Waals surface area contributed by atoms with Gasteiger partial charge in [0.25, 0.3) is 0 Å². The van der Waals surface area contributed by atoms with Crippen molar-refractivity contribution in [1.29, 1.82) is 0 Å². The molecule has 1 N–H and O–H groups in total. The Kier molecular flexibility index (Phi) is 5.00. The van der Waals surface area contributed by atoms with E-state index in [1.807, 2.05) is 25.2 Å². The minimum absolute atomic E-state index is 0.346. The van der Waals surface area contributed by atoms with E-state index >= 15 is 0 Å². The van der Waals surface area contributed by atoms with Gasteiger partial charge in [0.2, 0.25) is 0 Å². The third-order valence-corrected chi connectivity index (χ3v) is 3.80. The first-order chi connectivity index (χ1) is 9.20. The highest BCUT2D eigenvalue weighted by Crippen LogP contribution is 2.22. The van der Waals surface area contributed by atoms with Crippen molar-refractivity contribution in [3.05, 3.63) is 70.2 Å². The third-order valence-electron chi connectivity index (χ3n) is 3.56. The molecule has 0 saturated heterocycles. The van der Waals surface area contributed by atoms with Gasteiger partial charge in [-0.3, -0.25) is 0 Å². The molecular formula is C17H20ClN. The van der Waals surface area contributed by atoms with Gasteiger partial charge in [0.05, 0.1) is 0 Å². The molecule has 0 bridgehead atoms. The first-order valence-electron chi connectivity index (χ1n) is 6.68. The zero-order chi connectivity index (χ0) is 13.7. The Morgan fingerprint density at radius 1 is 1.11 bits per heavy atom. The minimum Gasteiger partial charge on any atom is -0.313 e. The second-order valence-electron chi connectivity index (χ2n) is 4.86. The number of rotatable bonds is 5. The Balaban J connectivity index is 2.06. The second kappa shape index (κ2) is 6.74. The van der Waals surface area contributed by atoms with Crippen LogP contribution in [0.2, 0.25) is 5.02 Å². The number of nitrogens with one attached hydrogen (secondary N) is 1. The molecule has 0 amide bonds. The molecule has 2 rings (SSSR count). The van der Waals surface area contributed by atoms with E-state index < -0.39 is 0 Å². The molecular weight excluding hydrogens is 254 g/mol. The maximum Gasteiger partial charge on any atom is 0.0409 e. The predicted octanol–water partition coefficient (Wildman–Crippen LogP) is 4.54. The fourth-order valence-corrected chi connectivity index (χ4v) is 2.59. The largest absolute Gasteiger partial charge is 0.313 e. The smallest absolute Gasteiger partial charge is 0.0409 e. The Labute approximate surface area is 120 Å². The van der Waals surface area contributed by atoms with E-state index in [0.717, 1.165) is 17.9 Å². The molecule has 2 aromatic rings. The van der Waals surface area contributed by atoms with Crippen molar-refractivity contribution in [2.75, 3.05) is 7.05 Å². The van der Waals surface area contributed by atoms with Gasteiger partial charge >= 0.3 is 0 Å². The minimum atomic E-state index is 0.346. The first kappa shape index (κ1) is 14.1. The van der Waals surface area contributed by atoms with Gasteiger partial charge in [-0.2, -0.15) is 0 Å². The van der Waals surface area contributed by atoms with Crippen molar-refractivity contribution >= 4 is 11.6 Å². The standard InChI is InChI=1S/C17H20ClN/c1-13-6-3-4-7-14(13)10-11-17(19-2)15-8-5-9-16(18)12-15/h3-9,12,17,19H,10-11H2,1-2H3. The Hall–Kier alpha value is -1.31. The molecule has 1 nitrogen and oxygen atoms in total. The molecule has 0 aliphatic carbocycles. The summed E-state index contributed by atoms with van der Waals surface area (Å²) < 4.78 is 0. The SMILES string of the molecule is CNC(CCc1ccccc1C)c1cccc(Cl)c1. The third kappa shape index (κ3) is 3.82. The van der Waals surface area contributed by atoms with Crippen molar-refractivity contribution in [3.63, 3.8) is 0 Å². The van der Waals surface area contributed by atoms with Crippen molar-refractivity contribution < 1.29 is 0 Å². The maximum atomic E-state index is 6.06. The van der Waals surface area contributed by atoms with Crippen molar-refractivity contribution in [2.24, 2.45) is 0 Å². The van der Waals surface area contributed by atoms with Crippen LogP contribution in [0.25, 0.3) is 0 Å². The molecule has 0 saturated carbocycles. The molecule has 0 aliphatic heterocycles. The molecule has 0 aliphatic rings. The average molecular weight is 274 g/mol. The van der Waals surface area contributed by atoms with Crippen LogP contribution in [0.1, 0.15) is 29.2 Å². The highest BCUT2D eigenvalue weighted by Gasteiger charge is 2.10. The number of halogens is 1. The first-order valence-corrected chi connectivity index (χ1v) is 7.05. The van der Waals surface area contributed by atoms with Crippen LogP contribution in [0.5, 0.6) is 0 Å². The van der Waals surface area contributed by atoms with E-state index in [1.165, 1.54) is 16.7 Å². The molecule has 2 heteroatoms. The highest BCUT2D eigenvalue weighted by molar-refractivity contribution is 6.30.